The third kappa shape index (κ3) is 4.57. The zero-order chi connectivity index (χ0) is 30.7. The molecule has 0 atom stereocenters. The number of fused-ring (bicyclic) bond motifs is 2. The number of nitrogens with one attached hydrogen (secondary N) is 2. The van der Waals surface area contributed by atoms with E-state index in [4.69, 9.17) is 10.2 Å². The summed E-state index contributed by atoms with van der Waals surface area (Å²) in [4.78, 5) is 37.8. The van der Waals surface area contributed by atoms with Crippen molar-refractivity contribution < 1.29 is 27.2 Å². The van der Waals surface area contributed by atoms with Gasteiger partial charge < -0.3 is 20.5 Å². The number of imidazole rings is 1. The molecule has 1 fully saturated rings. The molecule has 44 heavy (non-hydrogen) atoms. The van der Waals surface area contributed by atoms with Crippen LogP contribution in [-0.4, -0.2) is 26.8 Å². The smallest absolute Gasteiger partial charge is 0.253 e. The SMILES string of the molecule is Cc1c(F)cc(C(=O)NC2(c3nc4ccncc4[nH]3)CC2)cc1-c1ccc2oc(Cc3ccc(F)cc3)c(C(N)=O)c2c1F. The number of hydrogen-bond acceptors (Lipinski definition) is 5. The molecule has 0 spiro atoms. The molecule has 0 bridgehead atoms. The number of halogens is 3. The lowest BCUT2D eigenvalue weighted by Gasteiger charge is -2.17. The van der Waals surface area contributed by atoms with E-state index in [0.29, 0.717) is 29.7 Å². The van der Waals surface area contributed by atoms with Crippen molar-refractivity contribution in [2.24, 2.45) is 5.73 Å². The monoisotopic (exact) mass is 595 g/mol. The molecule has 8 nitrogen and oxygen atoms in total. The summed E-state index contributed by atoms with van der Waals surface area (Å²) in [6.45, 7) is 1.48. The molecule has 3 heterocycles. The maximum atomic E-state index is 16.3. The van der Waals surface area contributed by atoms with E-state index < -0.39 is 34.8 Å². The van der Waals surface area contributed by atoms with E-state index in [1.807, 2.05) is 0 Å². The third-order valence-corrected chi connectivity index (χ3v) is 8.13. The van der Waals surface area contributed by atoms with Gasteiger partial charge in [0.25, 0.3) is 11.8 Å². The molecule has 220 valence electrons. The summed E-state index contributed by atoms with van der Waals surface area (Å²) < 4.78 is 50.8. The predicted octanol–water partition coefficient (Wildman–Crippen LogP) is 6.21. The Kier molecular flexibility index (Phi) is 6.27. The van der Waals surface area contributed by atoms with Crippen molar-refractivity contribution in [2.45, 2.75) is 31.7 Å². The molecular weight excluding hydrogens is 571 g/mol. The molecule has 0 unspecified atom stereocenters. The Labute approximate surface area is 248 Å². The van der Waals surface area contributed by atoms with Crippen LogP contribution in [0.3, 0.4) is 0 Å². The van der Waals surface area contributed by atoms with Crippen molar-refractivity contribution in [1.29, 1.82) is 0 Å². The summed E-state index contributed by atoms with van der Waals surface area (Å²) in [5.74, 6) is -2.75. The lowest BCUT2D eigenvalue weighted by atomic mass is 9.94. The summed E-state index contributed by atoms with van der Waals surface area (Å²) in [5.41, 5.74) is 7.10. The normalized spacial score (nSPS) is 13.8. The van der Waals surface area contributed by atoms with Gasteiger partial charge in [0.05, 0.1) is 33.7 Å². The van der Waals surface area contributed by atoms with E-state index in [0.717, 1.165) is 11.6 Å². The number of benzene rings is 3. The van der Waals surface area contributed by atoms with Crippen molar-refractivity contribution in [2.75, 3.05) is 0 Å². The molecular formula is C33H24F3N5O3. The van der Waals surface area contributed by atoms with Gasteiger partial charge in [-0.1, -0.05) is 12.1 Å². The van der Waals surface area contributed by atoms with Gasteiger partial charge in [-0.15, -0.1) is 0 Å². The molecule has 4 N–H and O–H groups in total. The molecule has 0 radical (unpaired) electrons. The third-order valence-electron chi connectivity index (χ3n) is 8.13. The van der Waals surface area contributed by atoms with Gasteiger partial charge in [0.2, 0.25) is 0 Å². The Morgan fingerprint density at radius 2 is 1.82 bits per heavy atom. The number of carbonyl (C=O) groups is 2. The Morgan fingerprint density at radius 3 is 2.52 bits per heavy atom. The summed E-state index contributed by atoms with van der Waals surface area (Å²) in [6, 6.07) is 12.7. The molecule has 1 aliphatic rings. The molecule has 11 heteroatoms. The molecule has 6 aromatic rings. The number of H-pyrrole nitrogens is 1. The second kappa shape index (κ2) is 10.1. The Balaban J connectivity index is 1.26. The van der Waals surface area contributed by atoms with Gasteiger partial charge in [-0.05, 0) is 78.9 Å². The summed E-state index contributed by atoms with van der Waals surface area (Å²) in [6.07, 6.45) is 4.60. The lowest BCUT2D eigenvalue weighted by Crippen LogP contribution is -2.35. The average Bonchev–Trinajstić information content (AvgIpc) is 3.47. The number of aromatic amines is 1. The number of primary amides is 1. The van der Waals surface area contributed by atoms with Crippen LogP contribution in [0.2, 0.25) is 0 Å². The van der Waals surface area contributed by atoms with Crippen LogP contribution in [0.15, 0.2) is 71.4 Å². The number of pyridine rings is 1. The van der Waals surface area contributed by atoms with Crippen molar-refractivity contribution >= 4 is 33.8 Å². The van der Waals surface area contributed by atoms with Gasteiger partial charge in [0.15, 0.2) is 0 Å². The maximum absolute atomic E-state index is 16.3. The Morgan fingerprint density at radius 1 is 1.05 bits per heavy atom. The fraction of sp³-hybridized carbons (Fsp3) is 0.152. The van der Waals surface area contributed by atoms with Crippen LogP contribution in [0, 0.1) is 24.4 Å². The zero-order valence-electron chi connectivity index (χ0n) is 23.3. The van der Waals surface area contributed by atoms with Crippen LogP contribution in [0.25, 0.3) is 33.1 Å². The number of aromatic nitrogens is 3. The zero-order valence-corrected chi connectivity index (χ0v) is 23.3. The van der Waals surface area contributed by atoms with Crippen molar-refractivity contribution in [3.05, 3.63) is 118 Å². The molecule has 0 aliphatic heterocycles. The number of furan rings is 1. The molecule has 0 saturated heterocycles. The van der Waals surface area contributed by atoms with Gasteiger partial charge in [-0.25, -0.2) is 18.2 Å². The standard InChI is InChI=1S/C33H24F3N5O3/c1-16-21(13-18(14-22(16)35)31(43)41-33(9-10-33)32-39-23-8-11-38-15-24(23)40-32)20-6-7-25-27(29(20)36)28(30(37)42)26(44-25)12-17-2-4-19(34)5-3-17/h2-8,11,13-15H,9-10,12H2,1H3,(H2,37,42)(H,39,40)(H,41,43). The molecule has 2 amide bonds. The number of amides is 2. The first-order chi connectivity index (χ1) is 21.1. The number of nitrogens with two attached hydrogens (primary N) is 1. The fourth-order valence-corrected chi connectivity index (χ4v) is 5.59. The second-order valence-electron chi connectivity index (χ2n) is 11.0. The molecule has 3 aromatic heterocycles. The van der Waals surface area contributed by atoms with Crippen molar-refractivity contribution in [3.63, 3.8) is 0 Å². The maximum Gasteiger partial charge on any atom is 0.253 e. The molecule has 7 rings (SSSR count). The van der Waals surface area contributed by atoms with Crippen LogP contribution >= 0.6 is 0 Å². The van der Waals surface area contributed by atoms with Gasteiger partial charge in [0, 0.05) is 23.7 Å². The highest BCUT2D eigenvalue weighted by atomic mass is 19.1. The van der Waals surface area contributed by atoms with E-state index in [2.05, 4.69) is 20.3 Å². The van der Waals surface area contributed by atoms with Crippen LogP contribution in [-0.2, 0) is 12.0 Å². The molecule has 1 aliphatic carbocycles. The molecule has 3 aromatic carbocycles. The van der Waals surface area contributed by atoms with Crippen LogP contribution in [0.4, 0.5) is 13.2 Å². The van der Waals surface area contributed by atoms with E-state index in [-0.39, 0.29) is 51.0 Å². The predicted molar refractivity (Wildman–Crippen MR) is 156 cm³/mol. The number of carbonyl (C=O) groups excluding carboxylic acids is 2. The summed E-state index contributed by atoms with van der Waals surface area (Å²) >= 11 is 0. The highest BCUT2D eigenvalue weighted by Gasteiger charge is 2.48. The van der Waals surface area contributed by atoms with Gasteiger partial charge >= 0.3 is 0 Å². The first kappa shape index (κ1) is 27.4. The van der Waals surface area contributed by atoms with Crippen LogP contribution < -0.4 is 11.1 Å². The first-order valence-electron chi connectivity index (χ1n) is 13.8. The van der Waals surface area contributed by atoms with Gasteiger partial charge in [-0.3, -0.25) is 14.6 Å². The number of nitrogens with zero attached hydrogens (tertiary/aromatic N) is 2. The average molecular weight is 596 g/mol. The van der Waals surface area contributed by atoms with Gasteiger partial charge in [0.1, 0.15) is 34.6 Å². The van der Waals surface area contributed by atoms with Crippen LogP contribution in [0.1, 0.15) is 56.3 Å². The number of hydrogen-bond donors (Lipinski definition) is 3. The Bertz CT molecular complexity index is 2100. The van der Waals surface area contributed by atoms with E-state index in [1.54, 1.807) is 18.5 Å². The highest BCUT2D eigenvalue weighted by molar-refractivity contribution is 6.08. The summed E-state index contributed by atoms with van der Waals surface area (Å²) in [5, 5.41) is 2.82. The van der Waals surface area contributed by atoms with E-state index in [9.17, 15) is 14.0 Å². The molecule has 1 saturated carbocycles. The van der Waals surface area contributed by atoms with Crippen LogP contribution in [0.5, 0.6) is 0 Å². The highest BCUT2D eigenvalue weighted by Crippen LogP contribution is 2.45. The minimum Gasteiger partial charge on any atom is -0.460 e. The van der Waals surface area contributed by atoms with Crippen molar-refractivity contribution in [3.8, 4) is 11.1 Å². The van der Waals surface area contributed by atoms with E-state index in [1.165, 1.54) is 49.4 Å². The van der Waals surface area contributed by atoms with E-state index >= 15 is 8.78 Å². The largest absolute Gasteiger partial charge is 0.460 e. The second-order valence-corrected chi connectivity index (χ2v) is 11.0. The van der Waals surface area contributed by atoms with Crippen molar-refractivity contribution in [1.82, 2.24) is 20.3 Å². The number of rotatable bonds is 7. The summed E-state index contributed by atoms with van der Waals surface area (Å²) in [7, 11) is 0. The quantitative estimate of drug-likeness (QED) is 0.202. The first-order valence-corrected chi connectivity index (χ1v) is 13.8. The fourth-order valence-electron chi connectivity index (χ4n) is 5.59. The lowest BCUT2D eigenvalue weighted by molar-refractivity contribution is 0.0927. The minimum absolute atomic E-state index is 0.00836. The topological polar surface area (TPSA) is 127 Å². The van der Waals surface area contributed by atoms with Gasteiger partial charge in [-0.2, -0.15) is 0 Å². The Hall–Kier alpha value is -5.45. The minimum atomic E-state index is -0.913.